The molecule has 160 valence electrons. The number of allylic oxidation sites excluding steroid dienone is 4. The number of quaternary nitrogens is 1. The van der Waals surface area contributed by atoms with Crippen LogP contribution in [0.15, 0.2) is 52.1 Å². The number of nitrogens with two attached hydrogens (primary N) is 1. The fraction of sp³-hybridized carbons (Fsp3) is 0.364. The van der Waals surface area contributed by atoms with Crippen molar-refractivity contribution >= 4 is 34.6 Å². The highest BCUT2D eigenvalue weighted by atomic mass is 32.1. The summed E-state index contributed by atoms with van der Waals surface area (Å²) in [6, 6.07) is 5.54. The number of hydrogen-bond donors (Lipinski definition) is 1. The summed E-state index contributed by atoms with van der Waals surface area (Å²) in [7, 11) is 0. The number of alkyl halides is 3. The van der Waals surface area contributed by atoms with E-state index in [0.717, 1.165) is 59.2 Å². The molecule has 0 spiro atoms. The Morgan fingerprint density at radius 1 is 1.10 bits per heavy atom. The van der Waals surface area contributed by atoms with Gasteiger partial charge >= 0.3 is 11.3 Å². The van der Waals surface area contributed by atoms with Crippen LogP contribution >= 0.6 is 11.3 Å². The van der Waals surface area contributed by atoms with Crippen LogP contribution in [0.25, 0.3) is 5.57 Å². The summed E-state index contributed by atoms with van der Waals surface area (Å²) in [4.78, 5) is 8.43. The van der Waals surface area contributed by atoms with Crippen LogP contribution in [-0.4, -0.2) is 29.3 Å². The lowest BCUT2D eigenvalue weighted by Crippen LogP contribution is -2.80. The second kappa shape index (κ2) is 7.80. The zero-order valence-corrected chi connectivity index (χ0v) is 17.5. The molecule has 1 atom stereocenters. The second-order valence-corrected chi connectivity index (χ2v) is 9.37. The lowest BCUT2D eigenvalue weighted by molar-refractivity contribution is -0.581. The van der Waals surface area contributed by atoms with Crippen molar-refractivity contribution in [3.63, 3.8) is 0 Å². The molecule has 1 aliphatic heterocycles. The molecule has 0 radical (unpaired) electrons. The highest BCUT2D eigenvalue weighted by molar-refractivity contribution is 7.15. The first-order valence-corrected chi connectivity index (χ1v) is 11.0. The minimum absolute atomic E-state index is 0.129. The fourth-order valence-corrected chi connectivity index (χ4v) is 4.82. The maximum atomic E-state index is 12.8. The van der Waals surface area contributed by atoms with Gasteiger partial charge in [0, 0.05) is 17.5 Å². The van der Waals surface area contributed by atoms with Gasteiger partial charge in [-0.2, -0.15) is 13.2 Å². The maximum absolute atomic E-state index is 12.8. The minimum Gasteiger partial charge on any atom is -0.286 e. The van der Waals surface area contributed by atoms with Gasteiger partial charge in [-0.05, 0) is 66.4 Å². The number of aliphatic imine (C=N–C) groups is 2. The Labute approximate surface area is 181 Å². The first-order chi connectivity index (χ1) is 14.9. The van der Waals surface area contributed by atoms with Gasteiger partial charge in [0.15, 0.2) is 0 Å². The van der Waals surface area contributed by atoms with Crippen LogP contribution in [0.4, 0.5) is 18.3 Å². The van der Waals surface area contributed by atoms with E-state index >= 15 is 0 Å². The normalized spacial score (nSPS) is 21.5. The molecule has 9 heteroatoms. The zero-order valence-electron chi connectivity index (χ0n) is 16.6. The Kier molecular flexibility index (Phi) is 5.10. The fourth-order valence-electron chi connectivity index (χ4n) is 4.01. The van der Waals surface area contributed by atoms with Crippen molar-refractivity contribution in [1.82, 2.24) is 10.2 Å². The Bertz CT molecular complexity index is 1090. The molecule has 2 aliphatic carbocycles. The van der Waals surface area contributed by atoms with Gasteiger partial charge in [0.25, 0.3) is 0 Å². The zero-order chi connectivity index (χ0) is 21.5. The van der Waals surface area contributed by atoms with Crippen molar-refractivity contribution in [3.8, 4) is 0 Å². The molecular weight excluding hydrogens is 423 g/mol. The average Bonchev–Trinajstić information content (AvgIpc) is 3.36. The summed E-state index contributed by atoms with van der Waals surface area (Å²) in [5.41, 5.74) is 2.64. The van der Waals surface area contributed by atoms with Gasteiger partial charge in [-0.3, -0.25) is 5.32 Å². The third-order valence-corrected chi connectivity index (χ3v) is 7.05. The molecule has 2 N–H and O–H groups in total. The van der Waals surface area contributed by atoms with Crippen molar-refractivity contribution in [2.45, 2.75) is 31.9 Å². The average molecular weight is 445 g/mol. The maximum Gasteiger partial charge on any atom is 0.416 e. The molecule has 2 aromatic rings. The summed E-state index contributed by atoms with van der Waals surface area (Å²) in [6.07, 6.45) is 7.02. The predicted molar refractivity (Wildman–Crippen MR) is 114 cm³/mol. The molecule has 5 nitrogen and oxygen atoms in total. The number of benzene rings is 1. The lowest BCUT2D eigenvalue weighted by Gasteiger charge is -2.19. The minimum atomic E-state index is -4.29. The van der Waals surface area contributed by atoms with Gasteiger partial charge in [0.1, 0.15) is 11.3 Å². The van der Waals surface area contributed by atoms with E-state index in [0.29, 0.717) is 0 Å². The van der Waals surface area contributed by atoms with Gasteiger partial charge in [-0.25, -0.2) is 9.98 Å². The Hall–Kier alpha value is -2.65. The van der Waals surface area contributed by atoms with Crippen LogP contribution < -0.4 is 5.32 Å². The molecule has 3 aliphatic rings. The van der Waals surface area contributed by atoms with E-state index in [2.05, 4.69) is 31.6 Å². The van der Waals surface area contributed by atoms with Gasteiger partial charge < -0.3 is 0 Å². The molecule has 0 amide bonds. The lowest BCUT2D eigenvalue weighted by atomic mass is 9.92. The molecule has 0 saturated heterocycles. The van der Waals surface area contributed by atoms with Gasteiger partial charge in [-0.15, -0.1) is 5.10 Å². The van der Waals surface area contributed by atoms with E-state index in [1.807, 2.05) is 12.3 Å². The molecule has 0 bridgehead atoms. The summed E-state index contributed by atoms with van der Waals surface area (Å²) in [5, 5.41) is 12.6. The number of aromatic nitrogens is 2. The monoisotopic (exact) mass is 444 g/mol. The van der Waals surface area contributed by atoms with Crippen LogP contribution in [-0.2, 0) is 12.6 Å². The summed E-state index contributed by atoms with van der Waals surface area (Å²) in [5.74, 6) is 0.194. The van der Waals surface area contributed by atoms with Crippen molar-refractivity contribution in [2.24, 2.45) is 21.3 Å². The smallest absolute Gasteiger partial charge is 0.286 e. The van der Waals surface area contributed by atoms with Gasteiger partial charge in [0.05, 0.1) is 17.8 Å². The first-order valence-electron chi connectivity index (χ1n) is 10.2. The highest BCUT2D eigenvalue weighted by Crippen LogP contribution is 2.47. The molecule has 2 heterocycles. The van der Waals surface area contributed by atoms with Crippen molar-refractivity contribution in [2.75, 3.05) is 6.54 Å². The van der Waals surface area contributed by atoms with Crippen LogP contribution in [0.1, 0.15) is 35.4 Å². The molecule has 5 rings (SSSR count). The van der Waals surface area contributed by atoms with Gasteiger partial charge in [-0.1, -0.05) is 23.3 Å². The molecule has 1 fully saturated rings. The third kappa shape index (κ3) is 4.52. The molecule has 1 saturated carbocycles. The van der Waals surface area contributed by atoms with Crippen molar-refractivity contribution in [3.05, 3.63) is 58.2 Å². The Balaban J connectivity index is 1.20. The van der Waals surface area contributed by atoms with E-state index in [1.165, 1.54) is 12.1 Å². The quantitative estimate of drug-likeness (QED) is 0.727. The van der Waals surface area contributed by atoms with E-state index in [9.17, 15) is 13.2 Å². The number of rotatable bonds is 6. The van der Waals surface area contributed by atoms with E-state index in [-0.39, 0.29) is 11.3 Å². The molecule has 1 unspecified atom stereocenters. The van der Waals surface area contributed by atoms with Crippen molar-refractivity contribution < 1.29 is 18.5 Å². The summed E-state index contributed by atoms with van der Waals surface area (Å²) >= 11 is 1.57. The van der Waals surface area contributed by atoms with Crippen LogP contribution in [0.2, 0.25) is 0 Å². The molecular formula is C22H21F3N5S+. The molecule has 1 aromatic heterocycles. The summed E-state index contributed by atoms with van der Waals surface area (Å²) < 4.78 is 38.3. The number of nitrogens with zero attached hydrogens (tertiary/aromatic N) is 4. The van der Waals surface area contributed by atoms with E-state index < -0.39 is 11.7 Å². The molecule has 31 heavy (non-hydrogen) atoms. The summed E-state index contributed by atoms with van der Waals surface area (Å²) in [6.45, 7) is 0.857. The first kappa shape index (κ1) is 20.3. The number of fused-ring (bicyclic) bond motifs is 1. The van der Waals surface area contributed by atoms with Crippen LogP contribution in [0, 0.1) is 11.3 Å². The SMILES string of the molecule is FC(F)(F)c1ccc(CC2(C[NH2+]c3nnc(C4=CC=C5N=CN=CC5C4)s3)CC2)cc1. The van der Waals surface area contributed by atoms with Gasteiger partial charge in [0.2, 0.25) is 0 Å². The van der Waals surface area contributed by atoms with Crippen LogP contribution in [0.5, 0.6) is 0 Å². The topological polar surface area (TPSA) is 67.1 Å². The highest BCUT2D eigenvalue weighted by Gasteiger charge is 2.45. The van der Waals surface area contributed by atoms with Crippen molar-refractivity contribution in [1.29, 1.82) is 0 Å². The largest absolute Gasteiger partial charge is 0.416 e. The Morgan fingerprint density at radius 3 is 2.65 bits per heavy atom. The van der Waals surface area contributed by atoms with E-state index in [4.69, 9.17) is 0 Å². The predicted octanol–water partition coefficient (Wildman–Crippen LogP) is 4.17. The Morgan fingerprint density at radius 2 is 1.90 bits per heavy atom. The van der Waals surface area contributed by atoms with Crippen LogP contribution in [0.3, 0.4) is 0 Å². The second-order valence-electron chi connectivity index (χ2n) is 8.36. The van der Waals surface area contributed by atoms with E-state index in [1.54, 1.807) is 29.8 Å². The third-order valence-electron chi connectivity index (χ3n) is 6.06. The molecule has 1 aromatic carbocycles. The number of halogens is 3. The number of hydrogen-bond acceptors (Lipinski definition) is 5. The standard InChI is InChI=1S/C22H20F3N5S/c23-22(24,25)17-4-1-14(2-5-17)10-21(7-8-21)12-27-20-30-29-19(31-20)15-3-6-18-16(9-15)11-26-13-28-18/h1-6,11,13,16H,7-10,12H2,(H,27,30)/p+1.